The monoisotopic (exact) mass is 313 g/mol. The van der Waals surface area contributed by atoms with E-state index in [1.165, 1.54) is 0 Å². The van der Waals surface area contributed by atoms with E-state index >= 15 is 0 Å². The summed E-state index contributed by atoms with van der Waals surface area (Å²) in [5.74, 6) is -0.880. The molecular weight excluding hydrogens is 302 g/mol. The standard InChI is InChI=1S/C12H12BrNO4/c1-2-17-12(16)10-6-18-11(15)8-4-3-7(13)5-9(8)14-10/h3-5,10,14H,2,6H2,1H3. The Morgan fingerprint density at radius 3 is 3.11 bits per heavy atom. The Balaban J connectivity index is 2.28. The van der Waals surface area contributed by atoms with Crippen LogP contribution in [0.25, 0.3) is 0 Å². The molecule has 6 heteroatoms. The van der Waals surface area contributed by atoms with Crippen molar-refractivity contribution in [2.45, 2.75) is 13.0 Å². The predicted molar refractivity (Wildman–Crippen MR) is 68.5 cm³/mol. The summed E-state index contributed by atoms with van der Waals surface area (Å²) in [6, 6.07) is 4.44. The predicted octanol–water partition coefficient (Wildman–Crippen LogP) is 1.96. The topological polar surface area (TPSA) is 64.6 Å². The Bertz CT molecular complexity index is 489. The summed E-state index contributed by atoms with van der Waals surface area (Å²) < 4.78 is 10.8. The minimum atomic E-state index is -0.676. The second kappa shape index (κ2) is 5.39. The van der Waals surface area contributed by atoms with Crippen molar-refractivity contribution in [2.24, 2.45) is 0 Å². The highest BCUT2D eigenvalue weighted by molar-refractivity contribution is 9.10. The first-order valence-electron chi connectivity index (χ1n) is 5.51. The molecular formula is C12H12BrNO4. The quantitative estimate of drug-likeness (QED) is 0.846. The maximum absolute atomic E-state index is 11.7. The van der Waals surface area contributed by atoms with Crippen LogP contribution < -0.4 is 5.32 Å². The van der Waals surface area contributed by atoms with E-state index in [9.17, 15) is 9.59 Å². The van der Waals surface area contributed by atoms with Crippen LogP contribution in [0.1, 0.15) is 17.3 Å². The van der Waals surface area contributed by atoms with Gasteiger partial charge in [-0.25, -0.2) is 9.59 Å². The lowest BCUT2D eigenvalue weighted by Crippen LogP contribution is -2.34. The molecule has 0 saturated carbocycles. The molecule has 2 rings (SSSR count). The van der Waals surface area contributed by atoms with Gasteiger partial charge in [-0.15, -0.1) is 0 Å². The number of rotatable bonds is 2. The molecule has 1 aromatic carbocycles. The molecule has 18 heavy (non-hydrogen) atoms. The van der Waals surface area contributed by atoms with Crippen LogP contribution in [0.4, 0.5) is 5.69 Å². The van der Waals surface area contributed by atoms with Crippen molar-refractivity contribution in [1.29, 1.82) is 0 Å². The molecule has 1 aliphatic heterocycles. The molecule has 0 aromatic heterocycles. The minimum absolute atomic E-state index is 0.0377. The number of halogens is 1. The number of carbonyl (C=O) groups is 2. The highest BCUT2D eigenvalue weighted by Crippen LogP contribution is 2.25. The van der Waals surface area contributed by atoms with E-state index in [2.05, 4.69) is 21.2 Å². The Kier molecular flexibility index (Phi) is 3.86. The van der Waals surface area contributed by atoms with Gasteiger partial charge in [-0.3, -0.25) is 0 Å². The van der Waals surface area contributed by atoms with Gasteiger partial charge in [-0.05, 0) is 25.1 Å². The lowest BCUT2D eigenvalue weighted by molar-refractivity contribution is -0.144. The third-order valence-electron chi connectivity index (χ3n) is 2.48. The number of anilines is 1. The lowest BCUT2D eigenvalue weighted by Gasteiger charge is -2.15. The fourth-order valence-electron chi connectivity index (χ4n) is 1.65. The number of ether oxygens (including phenoxy) is 2. The molecule has 0 amide bonds. The molecule has 96 valence electrons. The van der Waals surface area contributed by atoms with E-state index in [1.807, 2.05) is 0 Å². The van der Waals surface area contributed by atoms with Gasteiger partial charge in [0.2, 0.25) is 0 Å². The van der Waals surface area contributed by atoms with Crippen LogP contribution in [0, 0.1) is 0 Å². The zero-order chi connectivity index (χ0) is 13.1. The SMILES string of the molecule is CCOC(=O)C1COC(=O)c2ccc(Br)cc2N1. The highest BCUT2D eigenvalue weighted by Gasteiger charge is 2.28. The van der Waals surface area contributed by atoms with Gasteiger partial charge in [0.15, 0.2) is 6.04 Å². The normalized spacial score (nSPS) is 18.1. The van der Waals surface area contributed by atoms with E-state index < -0.39 is 18.0 Å². The summed E-state index contributed by atoms with van der Waals surface area (Å²) in [6.07, 6.45) is 0. The Morgan fingerprint density at radius 2 is 2.39 bits per heavy atom. The van der Waals surface area contributed by atoms with Crippen molar-refractivity contribution >= 4 is 33.6 Å². The number of hydrogen-bond donors (Lipinski definition) is 1. The van der Waals surface area contributed by atoms with Gasteiger partial charge in [0.25, 0.3) is 0 Å². The van der Waals surface area contributed by atoms with Crippen LogP contribution in [0.2, 0.25) is 0 Å². The molecule has 0 saturated heterocycles. The zero-order valence-electron chi connectivity index (χ0n) is 9.73. The van der Waals surface area contributed by atoms with E-state index in [-0.39, 0.29) is 13.2 Å². The fraction of sp³-hybridized carbons (Fsp3) is 0.333. The van der Waals surface area contributed by atoms with Crippen LogP contribution in [-0.2, 0) is 14.3 Å². The van der Waals surface area contributed by atoms with Crippen molar-refractivity contribution in [1.82, 2.24) is 0 Å². The molecule has 0 bridgehead atoms. The number of esters is 2. The third kappa shape index (κ3) is 2.64. The zero-order valence-corrected chi connectivity index (χ0v) is 11.3. The van der Waals surface area contributed by atoms with Crippen LogP contribution in [-0.4, -0.2) is 31.2 Å². The lowest BCUT2D eigenvalue weighted by atomic mass is 10.1. The van der Waals surface area contributed by atoms with Gasteiger partial charge < -0.3 is 14.8 Å². The van der Waals surface area contributed by atoms with Gasteiger partial charge in [0.1, 0.15) is 6.61 Å². The van der Waals surface area contributed by atoms with Gasteiger partial charge in [-0.1, -0.05) is 15.9 Å². The minimum Gasteiger partial charge on any atom is -0.464 e. The molecule has 1 aliphatic rings. The maximum atomic E-state index is 11.7. The van der Waals surface area contributed by atoms with Crippen LogP contribution >= 0.6 is 15.9 Å². The van der Waals surface area contributed by atoms with Gasteiger partial charge in [0.05, 0.1) is 17.9 Å². The smallest absolute Gasteiger partial charge is 0.340 e. The second-order valence-corrected chi connectivity index (χ2v) is 4.65. The van der Waals surface area contributed by atoms with Crippen molar-refractivity contribution < 1.29 is 19.1 Å². The second-order valence-electron chi connectivity index (χ2n) is 3.74. The van der Waals surface area contributed by atoms with E-state index in [0.717, 1.165) is 4.47 Å². The maximum Gasteiger partial charge on any atom is 0.340 e. The fourth-order valence-corrected chi connectivity index (χ4v) is 2.01. The molecule has 0 fully saturated rings. The summed E-state index contributed by atoms with van der Waals surface area (Å²) in [7, 11) is 0. The molecule has 1 unspecified atom stereocenters. The van der Waals surface area contributed by atoms with Crippen LogP contribution in [0.5, 0.6) is 0 Å². The van der Waals surface area contributed by atoms with Crippen LogP contribution in [0.15, 0.2) is 22.7 Å². The summed E-state index contributed by atoms with van der Waals surface area (Å²) in [5.41, 5.74) is 0.968. The molecule has 1 heterocycles. The third-order valence-corrected chi connectivity index (χ3v) is 2.98. The molecule has 0 spiro atoms. The number of benzene rings is 1. The van der Waals surface area contributed by atoms with Crippen molar-refractivity contribution in [3.05, 3.63) is 28.2 Å². The van der Waals surface area contributed by atoms with Gasteiger partial charge in [0, 0.05) is 4.47 Å². The van der Waals surface area contributed by atoms with Crippen LogP contribution in [0.3, 0.4) is 0 Å². The average molecular weight is 314 g/mol. The van der Waals surface area contributed by atoms with E-state index in [1.54, 1.807) is 25.1 Å². The highest BCUT2D eigenvalue weighted by atomic mass is 79.9. The average Bonchev–Trinajstić information content (AvgIpc) is 2.49. The number of cyclic esters (lactones) is 1. The largest absolute Gasteiger partial charge is 0.464 e. The van der Waals surface area contributed by atoms with Crippen molar-refractivity contribution in [3.8, 4) is 0 Å². The molecule has 0 radical (unpaired) electrons. The van der Waals surface area contributed by atoms with E-state index in [4.69, 9.17) is 9.47 Å². The Morgan fingerprint density at radius 1 is 1.61 bits per heavy atom. The number of carbonyl (C=O) groups excluding carboxylic acids is 2. The molecule has 0 aliphatic carbocycles. The van der Waals surface area contributed by atoms with E-state index in [0.29, 0.717) is 11.3 Å². The first kappa shape index (κ1) is 12.9. The van der Waals surface area contributed by atoms with Crippen molar-refractivity contribution in [2.75, 3.05) is 18.5 Å². The van der Waals surface area contributed by atoms with Crippen molar-refractivity contribution in [3.63, 3.8) is 0 Å². The molecule has 1 atom stereocenters. The van der Waals surface area contributed by atoms with Gasteiger partial charge in [-0.2, -0.15) is 0 Å². The number of hydrogen-bond acceptors (Lipinski definition) is 5. The summed E-state index contributed by atoms with van der Waals surface area (Å²) in [5, 5.41) is 2.96. The number of nitrogens with one attached hydrogen (secondary N) is 1. The molecule has 5 nitrogen and oxygen atoms in total. The van der Waals surface area contributed by atoms with Gasteiger partial charge >= 0.3 is 11.9 Å². The Hall–Kier alpha value is -1.56. The summed E-state index contributed by atoms with van der Waals surface area (Å²) >= 11 is 3.32. The summed E-state index contributed by atoms with van der Waals surface area (Å²) in [6.45, 7) is 1.98. The first-order valence-corrected chi connectivity index (χ1v) is 6.31. The first-order chi connectivity index (χ1) is 8.61. The summed E-state index contributed by atoms with van der Waals surface area (Å²) in [4.78, 5) is 23.4. The Labute approximate surface area is 113 Å². The number of fused-ring (bicyclic) bond motifs is 1. The molecule has 1 N–H and O–H groups in total. The molecule has 1 aromatic rings.